The van der Waals surface area contributed by atoms with Crippen LogP contribution < -0.4 is 4.74 Å². The summed E-state index contributed by atoms with van der Waals surface area (Å²) in [6.07, 6.45) is 10.2. The predicted molar refractivity (Wildman–Crippen MR) is 133 cm³/mol. The van der Waals surface area contributed by atoms with Gasteiger partial charge in [0.2, 0.25) is 0 Å². The zero-order chi connectivity index (χ0) is 23.3. The van der Waals surface area contributed by atoms with Crippen LogP contribution in [0.3, 0.4) is 0 Å². The summed E-state index contributed by atoms with van der Waals surface area (Å²) in [5.41, 5.74) is 4.59. The standard InChI is InChI=1S/C29H35NO3/c1-3-5-6-7-8-20-32-27-17-10-24(11-18-27)22-33-29(31)26-15-13-25(14-16-26)28-19-12-23(9-4-2)21-30-28/h10-19,21H,3-9,20,22H2,1-2H3. The molecule has 0 fully saturated rings. The summed E-state index contributed by atoms with van der Waals surface area (Å²) in [5.74, 6) is 0.521. The van der Waals surface area contributed by atoms with Crippen LogP contribution in [-0.2, 0) is 17.8 Å². The van der Waals surface area contributed by atoms with Gasteiger partial charge in [-0.2, -0.15) is 0 Å². The van der Waals surface area contributed by atoms with Crippen molar-refractivity contribution in [2.24, 2.45) is 0 Å². The molecular weight excluding hydrogens is 410 g/mol. The Bertz CT molecular complexity index is 963. The lowest BCUT2D eigenvalue weighted by atomic mass is 10.1. The number of aromatic nitrogens is 1. The van der Waals surface area contributed by atoms with E-state index in [-0.39, 0.29) is 12.6 Å². The van der Waals surface area contributed by atoms with Crippen molar-refractivity contribution in [2.75, 3.05) is 6.61 Å². The molecule has 1 heterocycles. The lowest BCUT2D eigenvalue weighted by Gasteiger charge is -2.09. The fraction of sp³-hybridized carbons (Fsp3) is 0.379. The molecule has 1 aromatic heterocycles. The van der Waals surface area contributed by atoms with Crippen molar-refractivity contribution in [1.82, 2.24) is 4.98 Å². The summed E-state index contributed by atoms with van der Waals surface area (Å²) in [6, 6.07) is 19.3. The summed E-state index contributed by atoms with van der Waals surface area (Å²) in [6.45, 7) is 5.36. The number of pyridine rings is 1. The van der Waals surface area contributed by atoms with Gasteiger partial charge in [-0.05, 0) is 54.3 Å². The molecule has 4 heteroatoms. The third-order valence-electron chi connectivity index (χ3n) is 5.59. The number of hydrogen-bond acceptors (Lipinski definition) is 4. The highest BCUT2D eigenvalue weighted by Crippen LogP contribution is 2.19. The van der Waals surface area contributed by atoms with E-state index in [4.69, 9.17) is 9.47 Å². The van der Waals surface area contributed by atoms with Gasteiger partial charge in [0.1, 0.15) is 12.4 Å². The topological polar surface area (TPSA) is 48.4 Å². The van der Waals surface area contributed by atoms with E-state index in [1.54, 1.807) is 12.1 Å². The molecule has 0 aliphatic carbocycles. The number of carbonyl (C=O) groups is 1. The predicted octanol–water partition coefficient (Wildman–Crippen LogP) is 7.41. The lowest BCUT2D eigenvalue weighted by molar-refractivity contribution is 0.0472. The van der Waals surface area contributed by atoms with Gasteiger partial charge in [0.15, 0.2) is 0 Å². The fourth-order valence-corrected chi connectivity index (χ4v) is 3.62. The van der Waals surface area contributed by atoms with E-state index in [2.05, 4.69) is 24.9 Å². The third kappa shape index (κ3) is 8.05. The van der Waals surface area contributed by atoms with Crippen LogP contribution in [0.15, 0.2) is 66.9 Å². The molecule has 0 N–H and O–H groups in total. The highest BCUT2D eigenvalue weighted by atomic mass is 16.5. The first-order valence-electron chi connectivity index (χ1n) is 12.1. The highest BCUT2D eigenvalue weighted by Gasteiger charge is 2.09. The molecule has 174 valence electrons. The van der Waals surface area contributed by atoms with E-state index in [1.165, 1.54) is 31.2 Å². The monoisotopic (exact) mass is 445 g/mol. The van der Waals surface area contributed by atoms with Crippen molar-refractivity contribution in [3.05, 3.63) is 83.6 Å². The van der Waals surface area contributed by atoms with E-state index in [0.29, 0.717) is 5.56 Å². The number of carbonyl (C=O) groups excluding carboxylic acids is 1. The molecule has 0 unspecified atom stereocenters. The van der Waals surface area contributed by atoms with Crippen LogP contribution in [0.1, 0.15) is 73.9 Å². The number of unbranched alkanes of at least 4 members (excludes halogenated alkanes) is 4. The van der Waals surface area contributed by atoms with Crippen molar-refractivity contribution in [2.45, 2.75) is 65.4 Å². The van der Waals surface area contributed by atoms with E-state index < -0.39 is 0 Å². The molecule has 0 radical (unpaired) electrons. The van der Waals surface area contributed by atoms with Gasteiger partial charge < -0.3 is 9.47 Å². The lowest BCUT2D eigenvalue weighted by Crippen LogP contribution is -2.05. The van der Waals surface area contributed by atoms with Gasteiger partial charge >= 0.3 is 5.97 Å². The molecule has 3 rings (SSSR count). The Hall–Kier alpha value is -3.14. The van der Waals surface area contributed by atoms with Crippen LogP contribution >= 0.6 is 0 Å². The first kappa shape index (κ1) is 24.5. The minimum Gasteiger partial charge on any atom is -0.494 e. The molecule has 0 aliphatic heterocycles. The molecule has 0 spiro atoms. The zero-order valence-corrected chi connectivity index (χ0v) is 19.9. The van der Waals surface area contributed by atoms with Crippen molar-refractivity contribution in [3.8, 4) is 17.0 Å². The summed E-state index contributed by atoms with van der Waals surface area (Å²) in [5, 5.41) is 0. The Kier molecular flexibility index (Phi) is 9.96. The third-order valence-corrected chi connectivity index (χ3v) is 5.59. The number of esters is 1. The van der Waals surface area contributed by atoms with Crippen LogP contribution in [0.5, 0.6) is 5.75 Å². The van der Waals surface area contributed by atoms with Gasteiger partial charge in [-0.25, -0.2) is 4.79 Å². The van der Waals surface area contributed by atoms with Crippen LogP contribution in [0.25, 0.3) is 11.3 Å². The van der Waals surface area contributed by atoms with Gasteiger partial charge in [0, 0.05) is 11.8 Å². The average molecular weight is 446 g/mol. The summed E-state index contributed by atoms with van der Waals surface area (Å²) < 4.78 is 11.3. The van der Waals surface area contributed by atoms with Gasteiger partial charge in [0.05, 0.1) is 17.9 Å². The van der Waals surface area contributed by atoms with E-state index in [1.807, 2.05) is 48.7 Å². The van der Waals surface area contributed by atoms with E-state index in [9.17, 15) is 4.79 Å². The fourth-order valence-electron chi connectivity index (χ4n) is 3.62. The largest absolute Gasteiger partial charge is 0.494 e. The Balaban J connectivity index is 1.44. The SMILES string of the molecule is CCCCCCCOc1ccc(COC(=O)c2ccc(-c3ccc(CCC)cn3)cc2)cc1. The highest BCUT2D eigenvalue weighted by molar-refractivity contribution is 5.90. The maximum atomic E-state index is 12.4. The summed E-state index contributed by atoms with van der Waals surface area (Å²) in [7, 11) is 0. The molecule has 3 aromatic rings. The normalized spacial score (nSPS) is 10.7. The second-order valence-electron chi connectivity index (χ2n) is 8.36. The average Bonchev–Trinajstić information content (AvgIpc) is 2.86. The molecule has 4 nitrogen and oxygen atoms in total. The van der Waals surface area contributed by atoms with Crippen molar-refractivity contribution < 1.29 is 14.3 Å². The Morgan fingerprint density at radius 1 is 0.788 bits per heavy atom. The Morgan fingerprint density at radius 2 is 1.52 bits per heavy atom. The molecule has 0 aliphatic rings. The quantitative estimate of drug-likeness (QED) is 0.203. The smallest absolute Gasteiger partial charge is 0.338 e. The number of rotatable bonds is 13. The number of ether oxygens (including phenoxy) is 2. The number of hydrogen-bond donors (Lipinski definition) is 0. The van der Waals surface area contributed by atoms with Gasteiger partial charge in [-0.1, -0.05) is 76.3 Å². The van der Waals surface area contributed by atoms with Crippen molar-refractivity contribution in [3.63, 3.8) is 0 Å². The van der Waals surface area contributed by atoms with E-state index in [0.717, 1.165) is 48.4 Å². The number of benzene rings is 2. The molecule has 0 saturated heterocycles. The van der Waals surface area contributed by atoms with Crippen LogP contribution in [0, 0.1) is 0 Å². The minimum absolute atomic E-state index is 0.234. The summed E-state index contributed by atoms with van der Waals surface area (Å²) in [4.78, 5) is 17.0. The second kappa shape index (κ2) is 13.4. The maximum absolute atomic E-state index is 12.4. The molecular formula is C29H35NO3. The maximum Gasteiger partial charge on any atom is 0.338 e. The van der Waals surface area contributed by atoms with Crippen LogP contribution in [-0.4, -0.2) is 17.6 Å². The molecule has 0 saturated carbocycles. The minimum atomic E-state index is -0.333. The van der Waals surface area contributed by atoms with Crippen molar-refractivity contribution in [1.29, 1.82) is 0 Å². The zero-order valence-electron chi connectivity index (χ0n) is 19.9. The molecule has 0 amide bonds. The molecule has 33 heavy (non-hydrogen) atoms. The molecule has 2 aromatic carbocycles. The molecule has 0 bridgehead atoms. The van der Waals surface area contributed by atoms with Crippen LogP contribution in [0.2, 0.25) is 0 Å². The number of aryl methyl sites for hydroxylation is 1. The first-order valence-corrected chi connectivity index (χ1v) is 12.1. The van der Waals surface area contributed by atoms with Crippen molar-refractivity contribution >= 4 is 5.97 Å². The van der Waals surface area contributed by atoms with Gasteiger partial charge in [0.25, 0.3) is 0 Å². The second-order valence-corrected chi connectivity index (χ2v) is 8.36. The van der Waals surface area contributed by atoms with Crippen LogP contribution in [0.4, 0.5) is 0 Å². The summed E-state index contributed by atoms with van der Waals surface area (Å²) >= 11 is 0. The molecule has 0 atom stereocenters. The van der Waals surface area contributed by atoms with Gasteiger partial charge in [-0.3, -0.25) is 4.98 Å². The first-order chi connectivity index (χ1) is 16.2. The Morgan fingerprint density at radius 3 is 2.18 bits per heavy atom. The Labute approximate surface area is 198 Å². The van der Waals surface area contributed by atoms with Gasteiger partial charge in [-0.15, -0.1) is 0 Å². The van der Waals surface area contributed by atoms with E-state index >= 15 is 0 Å². The number of nitrogens with zero attached hydrogens (tertiary/aromatic N) is 1.